The summed E-state index contributed by atoms with van der Waals surface area (Å²) in [5.74, 6) is 0.711. The summed E-state index contributed by atoms with van der Waals surface area (Å²) in [7, 11) is -1.56. The first-order valence-corrected chi connectivity index (χ1v) is 8.86. The Morgan fingerprint density at radius 2 is 1.81 bits per heavy atom. The van der Waals surface area contributed by atoms with E-state index in [0.717, 1.165) is 5.56 Å². The fourth-order valence-electron chi connectivity index (χ4n) is 1.15. The first-order valence-electron chi connectivity index (χ1n) is 5.46. The summed E-state index contributed by atoms with van der Waals surface area (Å²) < 4.78 is 5.81. The van der Waals surface area contributed by atoms with Crippen LogP contribution in [-0.2, 0) is 4.43 Å². The minimum absolute atomic E-state index is 0.711. The van der Waals surface area contributed by atoms with E-state index in [0.29, 0.717) is 5.88 Å². The molecule has 0 amide bonds. The molecule has 0 aliphatic rings. The zero-order chi connectivity index (χ0) is 12.0. The summed E-state index contributed by atoms with van der Waals surface area (Å²) in [5, 5.41) is 0. The smallest absolute Gasteiger partial charge is 0.244 e. The van der Waals surface area contributed by atoms with Crippen molar-refractivity contribution in [3.63, 3.8) is 0 Å². The Morgan fingerprint density at radius 3 is 2.31 bits per heavy atom. The van der Waals surface area contributed by atoms with Gasteiger partial charge in [0.05, 0.1) is 0 Å². The Labute approximate surface area is 98.8 Å². The molecule has 0 aliphatic carbocycles. The molecule has 0 radical (unpaired) electrons. The van der Waals surface area contributed by atoms with E-state index in [2.05, 4.69) is 24.6 Å². The predicted molar refractivity (Wildman–Crippen MR) is 72.2 cm³/mol. The van der Waals surface area contributed by atoms with Crippen molar-refractivity contribution in [3.05, 3.63) is 47.9 Å². The van der Waals surface area contributed by atoms with Gasteiger partial charge < -0.3 is 4.43 Å². The van der Waals surface area contributed by atoms with Crippen LogP contribution in [0.3, 0.4) is 0 Å². The molecule has 1 aromatic carbocycles. The van der Waals surface area contributed by atoms with Crippen molar-refractivity contribution in [2.45, 2.75) is 26.6 Å². The molecule has 0 atom stereocenters. The molecular formula is C13H19NOSi. The average Bonchev–Trinajstić information content (AvgIpc) is 2.24. The van der Waals surface area contributed by atoms with Gasteiger partial charge in [-0.25, -0.2) is 4.99 Å². The fraction of sp³-hybridized carbons (Fsp3) is 0.308. The lowest BCUT2D eigenvalue weighted by molar-refractivity contribution is 0.417. The molecule has 0 aromatic heterocycles. The Balaban J connectivity index is 2.69. The molecule has 1 aromatic rings. The van der Waals surface area contributed by atoms with E-state index in [1.54, 1.807) is 0 Å². The van der Waals surface area contributed by atoms with E-state index in [9.17, 15) is 0 Å². The quantitative estimate of drug-likeness (QED) is 0.440. The third kappa shape index (κ3) is 4.93. The Hall–Kier alpha value is -1.35. The molecule has 0 N–H and O–H groups in total. The van der Waals surface area contributed by atoms with Crippen LogP contribution in [-0.4, -0.2) is 14.5 Å². The first-order chi connectivity index (χ1) is 7.51. The van der Waals surface area contributed by atoms with E-state index in [-0.39, 0.29) is 0 Å². The highest BCUT2D eigenvalue weighted by Crippen LogP contribution is 2.11. The van der Waals surface area contributed by atoms with Gasteiger partial charge in [0.25, 0.3) is 0 Å². The molecule has 0 saturated heterocycles. The summed E-state index contributed by atoms with van der Waals surface area (Å²) in [6.45, 7) is 8.38. The van der Waals surface area contributed by atoms with Gasteiger partial charge in [0.15, 0.2) is 5.88 Å². The highest BCUT2D eigenvalue weighted by Gasteiger charge is 2.16. The van der Waals surface area contributed by atoms with Crippen molar-refractivity contribution >= 4 is 14.5 Å². The summed E-state index contributed by atoms with van der Waals surface area (Å²) >= 11 is 0. The van der Waals surface area contributed by atoms with Gasteiger partial charge in [-0.05, 0) is 38.2 Å². The fourth-order valence-corrected chi connectivity index (χ4v) is 1.95. The third-order valence-electron chi connectivity index (χ3n) is 1.80. The van der Waals surface area contributed by atoms with Crippen LogP contribution in [0.4, 0.5) is 0 Å². The van der Waals surface area contributed by atoms with Crippen molar-refractivity contribution < 1.29 is 4.43 Å². The monoisotopic (exact) mass is 233 g/mol. The molecular weight excluding hydrogens is 214 g/mol. The number of hydrogen-bond donors (Lipinski definition) is 0. The molecule has 0 spiro atoms. The van der Waals surface area contributed by atoms with E-state index in [1.807, 2.05) is 49.5 Å². The zero-order valence-electron chi connectivity index (χ0n) is 10.4. The number of hydrogen-bond acceptors (Lipinski definition) is 2. The maximum Gasteiger partial charge on any atom is 0.244 e. The molecule has 0 aliphatic heterocycles. The lowest BCUT2D eigenvalue weighted by Crippen LogP contribution is -2.24. The average molecular weight is 233 g/mol. The van der Waals surface area contributed by atoms with Gasteiger partial charge in [0.2, 0.25) is 8.32 Å². The van der Waals surface area contributed by atoms with Gasteiger partial charge in [-0.15, -0.1) is 0 Å². The van der Waals surface area contributed by atoms with Crippen LogP contribution >= 0.6 is 0 Å². The molecule has 86 valence electrons. The molecule has 0 bridgehead atoms. The predicted octanol–water partition coefficient (Wildman–Crippen LogP) is 3.82. The molecule has 0 heterocycles. The van der Waals surface area contributed by atoms with Gasteiger partial charge in [-0.3, -0.25) is 0 Å². The van der Waals surface area contributed by atoms with Crippen LogP contribution in [0.25, 0.3) is 0 Å². The van der Waals surface area contributed by atoms with Crippen molar-refractivity contribution in [3.8, 4) is 0 Å². The number of nitrogens with zero attached hydrogens (tertiary/aromatic N) is 1. The standard InChI is InChI=1S/C13H19NOSi/c1-5-13(15-16(2,3)4)14-11-12-9-7-6-8-10-12/h5-11H,1-4H3/b13-5-,14-11?. The van der Waals surface area contributed by atoms with Crippen LogP contribution < -0.4 is 0 Å². The molecule has 0 saturated carbocycles. The number of allylic oxidation sites excluding steroid dienone is 1. The topological polar surface area (TPSA) is 21.6 Å². The van der Waals surface area contributed by atoms with Crippen LogP contribution in [0.2, 0.25) is 19.6 Å². The normalized spacial score (nSPS) is 13.1. The summed E-state index contributed by atoms with van der Waals surface area (Å²) in [6, 6.07) is 10.0. The van der Waals surface area contributed by atoms with Gasteiger partial charge in [0, 0.05) is 6.21 Å². The molecule has 0 unspecified atom stereocenters. The largest absolute Gasteiger partial charge is 0.532 e. The highest BCUT2D eigenvalue weighted by molar-refractivity contribution is 6.70. The zero-order valence-corrected chi connectivity index (χ0v) is 11.4. The lowest BCUT2D eigenvalue weighted by Gasteiger charge is -2.18. The second kappa shape index (κ2) is 5.65. The summed E-state index contributed by atoms with van der Waals surface area (Å²) in [5.41, 5.74) is 1.08. The van der Waals surface area contributed by atoms with Crippen molar-refractivity contribution in [2.24, 2.45) is 4.99 Å². The SMILES string of the molecule is C/C=C(/N=Cc1ccccc1)O[Si](C)(C)C. The van der Waals surface area contributed by atoms with Gasteiger partial charge in [0.1, 0.15) is 0 Å². The Bertz CT molecular complexity index is 377. The maximum absolute atomic E-state index is 5.81. The summed E-state index contributed by atoms with van der Waals surface area (Å²) in [4.78, 5) is 4.35. The molecule has 1 rings (SSSR count). The molecule has 16 heavy (non-hydrogen) atoms. The second-order valence-corrected chi connectivity index (χ2v) is 8.94. The van der Waals surface area contributed by atoms with Crippen LogP contribution in [0.1, 0.15) is 12.5 Å². The number of benzene rings is 1. The van der Waals surface area contributed by atoms with Crippen LogP contribution in [0.15, 0.2) is 47.3 Å². The van der Waals surface area contributed by atoms with Crippen molar-refractivity contribution in [2.75, 3.05) is 0 Å². The minimum atomic E-state index is -1.56. The van der Waals surface area contributed by atoms with Crippen molar-refractivity contribution in [1.29, 1.82) is 0 Å². The third-order valence-corrected chi connectivity index (χ3v) is 2.62. The van der Waals surface area contributed by atoms with Crippen LogP contribution in [0, 0.1) is 0 Å². The van der Waals surface area contributed by atoms with E-state index < -0.39 is 8.32 Å². The van der Waals surface area contributed by atoms with Gasteiger partial charge in [-0.2, -0.15) is 0 Å². The number of rotatable bonds is 4. The highest BCUT2D eigenvalue weighted by atomic mass is 28.4. The lowest BCUT2D eigenvalue weighted by atomic mass is 10.2. The molecule has 3 heteroatoms. The number of aliphatic imine (C=N–C) groups is 1. The van der Waals surface area contributed by atoms with Crippen molar-refractivity contribution in [1.82, 2.24) is 0 Å². The van der Waals surface area contributed by atoms with E-state index >= 15 is 0 Å². The van der Waals surface area contributed by atoms with E-state index in [1.165, 1.54) is 0 Å². The van der Waals surface area contributed by atoms with Crippen LogP contribution in [0.5, 0.6) is 0 Å². The van der Waals surface area contributed by atoms with Gasteiger partial charge in [-0.1, -0.05) is 30.3 Å². The molecule has 0 fully saturated rings. The first kappa shape index (κ1) is 12.7. The van der Waals surface area contributed by atoms with E-state index in [4.69, 9.17) is 4.43 Å². The maximum atomic E-state index is 5.81. The summed E-state index contributed by atoms with van der Waals surface area (Å²) in [6.07, 6.45) is 3.73. The molecule has 2 nitrogen and oxygen atoms in total. The minimum Gasteiger partial charge on any atom is -0.532 e. The second-order valence-electron chi connectivity index (χ2n) is 4.51. The van der Waals surface area contributed by atoms with Gasteiger partial charge >= 0.3 is 0 Å². The Kier molecular flexibility index (Phi) is 4.49. The Morgan fingerprint density at radius 1 is 1.19 bits per heavy atom.